The second kappa shape index (κ2) is 14.3. The predicted molar refractivity (Wildman–Crippen MR) is 257 cm³/mol. The van der Waals surface area contributed by atoms with Crippen molar-refractivity contribution in [3.8, 4) is 39.1 Å². The molecular weight excluding hydrogens is 741 g/mol. The zero-order valence-corrected chi connectivity index (χ0v) is 30.3. The Hall–Kier alpha value is -8.14. The van der Waals surface area contributed by atoms with E-state index in [1.54, 1.807) is 0 Å². The minimum atomic E-state index is -1.44. The molecule has 0 atom stereocenters. The second-order valence-corrected chi connectivity index (χ2v) is 12.8. The molecule has 2 heterocycles. The number of hydrogen-bond acceptors (Lipinski definition) is 2. The van der Waals surface area contributed by atoms with Gasteiger partial charge in [0.1, 0.15) is 11.2 Å². The van der Waals surface area contributed by atoms with E-state index in [1.165, 1.54) is 0 Å². The number of nitrogens with zero attached hydrogens (tertiary/aromatic N) is 2. The van der Waals surface area contributed by atoms with Crippen LogP contribution in [0.25, 0.3) is 93.6 Å². The molecule has 3 nitrogen and oxygen atoms in total. The molecule has 0 saturated carbocycles. The number of furan rings is 1. The maximum atomic E-state index is 10.5. The highest BCUT2D eigenvalue weighted by Crippen LogP contribution is 2.45. The fraction of sp³-hybridized carbons (Fsp3) is 0. The fourth-order valence-electron chi connectivity index (χ4n) is 6.74. The van der Waals surface area contributed by atoms with Crippen molar-refractivity contribution >= 4 is 71.6 Å². The molecule has 2 aromatic heterocycles. The Morgan fingerprint density at radius 3 is 1.66 bits per heavy atom. The maximum Gasteiger partial charge on any atom is 0.143 e. The number of para-hydroxylation sites is 3. The Bertz CT molecular complexity index is 5680. The summed E-state index contributed by atoms with van der Waals surface area (Å²) in [6, 6.07) is -42.6. The monoisotopic (exact) mass is 817 g/mol. The molecule has 10 aromatic carbocycles. The molecule has 0 N–H and O–H groups in total. The topological polar surface area (TPSA) is 21.3 Å². The summed E-state index contributed by atoms with van der Waals surface area (Å²) in [5.74, 6) is 0. The van der Waals surface area contributed by atoms with Gasteiger partial charge in [-0.3, -0.25) is 0 Å². The first-order chi connectivity index (χ1) is 46.1. The van der Waals surface area contributed by atoms with Gasteiger partial charge in [0.05, 0.1) is 63.1 Å². The highest BCUT2D eigenvalue weighted by Gasteiger charge is 2.21. The molecule has 0 saturated heterocycles. The molecular formula is C58H38N2O. The smallest absolute Gasteiger partial charge is 0.143 e. The highest BCUT2D eigenvalue weighted by molar-refractivity contribution is 6.12. The molecule has 286 valence electrons. The third-order valence-electron chi connectivity index (χ3n) is 9.37. The third kappa shape index (κ3) is 5.90. The SMILES string of the molecule is [2H]c1c([2H])c([2H])c(-c2c([2H])c([2H])c(N(c3c([2H])c([2H])c(-c4c([2H])c([2H])c([2H])c5c([2H])c([2H])c([2H])c([2H])c45)c([2H])c3[2H])c3c([2H])c(-c4c([2H])c([2H])c([2H])c(-n5c6c([2H])c([2H])c([2H])c([2H])c6c6c([2H])c([2H])c([2H])c([2H])c65)c4[2H])c4oc5c([2H])c([2H])c([2H])c([2H])c5c4c3[2H])c([2H])c2[2H])c([2H])c1[2H]. The van der Waals surface area contributed by atoms with Crippen molar-refractivity contribution < 1.29 is 56.5 Å². The van der Waals surface area contributed by atoms with Gasteiger partial charge < -0.3 is 13.9 Å². The van der Waals surface area contributed by atoms with Gasteiger partial charge in [0, 0.05) is 49.9 Å². The first kappa shape index (κ1) is 13.7. The summed E-state index contributed by atoms with van der Waals surface area (Å²) in [5.41, 5.74) is -14.5. The Morgan fingerprint density at radius 2 is 0.918 bits per heavy atom. The summed E-state index contributed by atoms with van der Waals surface area (Å²) >= 11 is 0. The summed E-state index contributed by atoms with van der Waals surface area (Å²) in [5, 5.41) is -4.43. The molecule has 0 unspecified atom stereocenters. The van der Waals surface area contributed by atoms with E-state index in [0.29, 0.717) is 4.57 Å². The van der Waals surface area contributed by atoms with Gasteiger partial charge in [-0.1, -0.05) is 163 Å². The summed E-state index contributed by atoms with van der Waals surface area (Å²) < 4.78 is 355. The van der Waals surface area contributed by atoms with E-state index < -0.39 is 340 Å². The largest absolute Gasteiger partial charge is 0.455 e. The van der Waals surface area contributed by atoms with Crippen molar-refractivity contribution in [3.05, 3.63) is 230 Å². The van der Waals surface area contributed by atoms with Crippen molar-refractivity contribution in [2.24, 2.45) is 0 Å². The second-order valence-electron chi connectivity index (χ2n) is 12.8. The van der Waals surface area contributed by atoms with Crippen LogP contribution in [0.4, 0.5) is 17.1 Å². The van der Waals surface area contributed by atoms with Gasteiger partial charge in [-0.2, -0.15) is 0 Å². The normalized spacial score (nSPS) is 20.3. The Morgan fingerprint density at radius 1 is 0.361 bits per heavy atom. The average molecular weight is 817 g/mol. The number of rotatable bonds is 7. The lowest BCUT2D eigenvalue weighted by molar-refractivity contribution is 0.670. The lowest BCUT2D eigenvalue weighted by Crippen LogP contribution is -2.10. The third-order valence-corrected chi connectivity index (χ3v) is 9.37. The lowest BCUT2D eigenvalue weighted by atomic mass is 9.97. The van der Waals surface area contributed by atoms with Gasteiger partial charge in [0.25, 0.3) is 0 Å². The summed E-state index contributed by atoms with van der Waals surface area (Å²) in [7, 11) is 0. The van der Waals surface area contributed by atoms with E-state index >= 15 is 0 Å². The molecule has 12 rings (SSSR count). The van der Waals surface area contributed by atoms with E-state index in [-0.39, 0.29) is 4.90 Å². The molecule has 0 bridgehead atoms. The quantitative estimate of drug-likeness (QED) is 0.160. The van der Waals surface area contributed by atoms with Crippen LogP contribution in [0.1, 0.15) is 52.1 Å². The van der Waals surface area contributed by atoms with Crippen molar-refractivity contribution in [1.29, 1.82) is 0 Å². The minimum Gasteiger partial charge on any atom is -0.455 e. The summed E-state index contributed by atoms with van der Waals surface area (Å²) in [4.78, 5) is 0.220. The number of benzene rings is 10. The van der Waals surface area contributed by atoms with Crippen LogP contribution in [0.15, 0.2) is 234 Å². The van der Waals surface area contributed by atoms with Crippen LogP contribution in [-0.2, 0) is 0 Å². The van der Waals surface area contributed by atoms with Crippen LogP contribution >= 0.6 is 0 Å². The lowest BCUT2D eigenvalue weighted by Gasteiger charge is -2.27. The molecule has 0 aliphatic heterocycles. The van der Waals surface area contributed by atoms with Gasteiger partial charge in [-0.25, -0.2) is 0 Å². The number of anilines is 3. The molecule has 0 fully saturated rings. The number of hydrogen-bond donors (Lipinski definition) is 0. The predicted octanol–water partition coefficient (Wildman–Crippen LogP) is 16.3. The first-order valence-corrected chi connectivity index (χ1v) is 17.7. The summed E-state index contributed by atoms with van der Waals surface area (Å²) in [6.45, 7) is 0. The zero-order chi connectivity index (χ0) is 73.3. The Labute approximate surface area is 407 Å². The molecule has 12 aromatic rings. The van der Waals surface area contributed by atoms with Crippen LogP contribution in [0, 0.1) is 0 Å². The summed E-state index contributed by atoms with van der Waals surface area (Å²) in [6.07, 6.45) is 0. The number of aromatic nitrogens is 1. The standard InChI is InChI=1S/C58H38N2O/c1-2-14-39(15-3-1)40-28-32-44(33-29-40)59(45-34-30-42(31-35-45)49-24-13-17-41-16-4-5-20-48(41)49)47-37-53(58-54(38-47)52-23-8-11-27-57(52)61-58)43-18-12-19-46(36-43)60-55-25-9-6-21-50(55)51-22-7-10-26-56(51)60/h1-38H/i1D,2D,3D,4D,5D,6D,7D,8D,9D,10D,11D,12D,13D,14D,15D,16D,17D,18D,19D,20D,21D,22D,23D,24D,25D,26D,27D,28D,29D,30D,31D,32D,33D,34D,35D,36D,37D,38D. The number of fused-ring (bicyclic) bond motifs is 7. The van der Waals surface area contributed by atoms with Crippen molar-refractivity contribution in [2.45, 2.75) is 0 Å². The Balaban J connectivity index is 1.34. The molecule has 0 spiro atoms. The van der Waals surface area contributed by atoms with Gasteiger partial charge in [0.15, 0.2) is 0 Å². The van der Waals surface area contributed by atoms with Gasteiger partial charge in [0.2, 0.25) is 0 Å². The highest BCUT2D eigenvalue weighted by atomic mass is 16.3. The minimum absolute atomic E-state index is 0.220. The molecule has 0 aliphatic carbocycles. The van der Waals surface area contributed by atoms with Crippen molar-refractivity contribution in [2.75, 3.05) is 4.90 Å². The van der Waals surface area contributed by atoms with Crippen LogP contribution in [-0.4, -0.2) is 4.57 Å². The fourth-order valence-corrected chi connectivity index (χ4v) is 6.74. The van der Waals surface area contributed by atoms with Crippen LogP contribution in [0.2, 0.25) is 0 Å². The van der Waals surface area contributed by atoms with Gasteiger partial charge >= 0.3 is 0 Å². The molecule has 0 amide bonds. The molecule has 0 radical (unpaired) electrons. The van der Waals surface area contributed by atoms with Gasteiger partial charge in [-0.05, 0) is 105 Å². The molecule has 61 heavy (non-hydrogen) atoms. The Kier molecular flexibility index (Phi) is 3.21. The average Bonchev–Trinajstić information content (AvgIpc) is 1.64. The van der Waals surface area contributed by atoms with Crippen molar-refractivity contribution in [3.63, 3.8) is 0 Å². The van der Waals surface area contributed by atoms with Crippen molar-refractivity contribution in [1.82, 2.24) is 4.57 Å². The van der Waals surface area contributed by atoms with Gasteiger partial charge in [-0.15, -0.1) is 0 Å². The van der Waals surface area contributed by atoms with E-state index in [1.807, 2.05) is 0 Å². The molecule has 0 aliphatic rings. The van der Waals surface area contributed by atoms with Crippen LogP contribution in [0.3, 0.4) is 0 Å². The van der Waals surface area contributed by atoms with E-state index in [2.05, 4.69) is 0 Å². The van der Waals surface area contributed by atoms with Crippen LogP contribution in [0.5, 0.6) is 0 Å². The van der Waals surface area contributed by atoms with E-state index in [4.69, 9.17) is 33.2 Å². The maximum absolute atomic E-state index is 10.5. The zero-order valence-electron chi connectivity index (χ0n) is 68.3. The molecule has 3 heteroatoms. The van der Waals surface area contributed by atoms with E-state index in [9.17, 15) is 23.3 Å². The first-order valence-electron chi connectivity index (χ1n) is 36.7. The van der Waals surface area contributed by atoms with Crippen LogP contribution < -0.4 is 4.90 Å². The van der Waals surface area contributed by atoms with E-state index in [0.717, 1.165) is 0 Å².